The smallest absolute Gasteiger partial charge is 0.254 e. The topological polar surface area (TPSA) is 41.6 Å². The molecule has 116 valence electrons. The maximum atomic E-state index is 13.7. The first-order valence-corrected chi connectivity index (χ1v) is 7.01. The van der Waals surface area contributed by atoms with Crippen LogP contribution in [0.1, 0.15) is 23.2 Å². The lowest BCUT2D eigenvalue weighted by molar-refractivity contribution is 0.0570. The second-order valence-corrected chi connectivity index (χ2v) is 5.28. The highest BCUT2D eigenvalue weighted by Crippen LogP contribution is 2.23. The predicted octanol–water partition coefficient (Wildman–Crippen LogP) is 2.51. The SMILES string of the molecule is CNc1c(F)cc(C(=O)N2CCCC(COC)C2)cc1F. The molecule has 6 heteroatoms. The molecule has 0 spiro atoms. The van der Waals surface area contributed by atoms with E-state index in [0.717, 1.165) is 25.0 Å². The van der Waals surface area contributed by atoms with Crippen LogP contribution in [0.15, 0.2) is 12.1 Å². The summed E-state index contributed by atoms with van der Waals surface area (Å²) < 4.78 is 32.6. The van der Waals surface area contributed by atoms with Gasteiger partial charge in [0.25, 0.3) is 5.91 Å². The third-order valence-electron chi connectivity index (χ3n) is 3.75. The third-order valence-corrected chi connectivity index (χ3v) is 3.75. The molecule has 1 amide bonds. The number of anilines is 1. The molecule has 21 heavy (non-hydrogen) atoms. The van der Waals surface area contributed by atoms with Crippen molar-refractivity contribution >= 4 is 11.6 Å². The van der Waals surface area contributed by atoms with Crippen molar-refractivity contribution < 1.29 is 18.3 Å². The van der Waals surface area contributed by atoms with Gasteiger partial charge in [-0.1, -0.05) is 0 Å². The third kappa shape index (κ3) is 3.50. The average molecular weight is 298 g/mol. The molecule has 1 aliphatic rings. The Hall–Kier alpha value is -1.69. The number of carbonyl (C=O) groups excluding carboxylic acids is 1. The number of nitrogens with zero attached hydrogens (tertiary/aromatic N) is 1. The van der Waals surface area contributed by atoms with E-state index in [9.17, 15) is 13.6 Å². The van der Waals surface area contributed by atoms with E-state index in [4.69, 9.17) is 4.74 Å². The van der Waals surface area contributed by atoms with Gasteiger partial charge >= 0.3 is 0 Å². The Morgan fingerprint density at radius 1 is 1.43 bits per heavy atom. The molecule has 0 radical (unpaired) electrons. The van der Waals surface area contributed by atoms with Gasteiger partial charge in [0.05, 0.1) is 6.61 Å². The van der Waals surface area contributed by atoms with Gasteiger partial charge < -0.3 is 15.0 Å². The number of likely N-dealkylation sites (tertiary alicyclic amines) is 1. The van der Waals surface area contributed by atoms with E-state index in [0.29, 0.717) is 19.7 Å². The molecule has 1 aromatic carbocycles. The first-order valence-electron chi connectivity index (χ1n) is 7.01. The molecule has 1 N–H and O–H groups in total. The largest absolute Gasteiger partial charge is 0.384 e. The molecule has 1 aromatic rings. The minimum Gasteiger partial charge on any atom is -0.384 e. The number of methoxy groups -OCH3 is 1. The van der Waals surface area contributed by atoms with Gasteiger partial charge in [0.1, 0.15) is 17.3 Å². The molecule has 1 atom stereocenters. The minimum absolute atomic E-state index is 0.0436. The summed E-state index contributed by atoms with van der Waals surface area (Å²) in [6.45, 7) is 1.75. The molecule has 1 fully saturated rings. The van der Waals surface area contributed by atoms with E-state index in [1.54, 1.807) is 12.0 Å². The van der Waals surface area contributed by atoms with Crippen LogP contribution in [0, 0.1) is 17.6 Å². The molecule has 4 nitrogen and oxygen atoms in total. The lowest BCUT2D eigenvalue weighted by Crippen LogP contribution is -2.41. The highest BCUT2D eigenvalue weighted by Gasteiger charge is 2.25. The summed E-state index contributed by atoms with van der Waals surface area (Å²) in [5, 5.41) is 2.44. The van der Waals surface area contributed by atoms with Crippen LogP contribution >= 0.6 is 0 Å². The second-order valence-electron chi connectivity index (χ2n) is 5.28. The van der Waals surface area contributed by atoms with Crippen LogP contribution in [0.3, 0.4) is 0 Å². The van der Waals surface area contributed by atoms with Crippen molar-refractivity contribution in [1.82, 2.24) is 4.90 Å². The van der Waals surface area contributed by atoms with Gasteiger partial charge in [-0.15, -0.1) is 0 Å². The number of nitrogens with one attached hydrogen (secondary N) is 1. The summed E-state index contributed by atoms with van der Waals surface area (Å²) in [7, 11) is 3.06. The Labute approximate surface area is 123 Å². The maximum Gasteiger partial charge on any atom is 0.254 e. The Morgan fingerprint density at radius 2 is 2.10 bits per heavy atom. The van der Waals surface area contributed by atoms with Crippen LogP contribution in [0.4, 0.5) is 14.5 Å². The van der Waals surface area contributed by atoms with E-state index in [-0.39, 0.29) is 23.1 Å². The number of hydrogen-bond acceptors (Lipinski definition) is 3. The monoisotopic (exact) mass is 298 g/mol. The van der Waals surface area contributed by atoms with Gasteiger partial charge in [-0.3, -0.25) is 4.79 Å². The lowest BCUT2D eigenvalue weighted by Gasteiger charge is -2.32. The zero-order chi connectivity index (χ0) is 15.4. The molecule has 1 aliphatic heterocycles. The quantitative estimate of drug-likeness (QED) is 0.928. The zero-order valence-corrected chi connectivity index (χ0v) is 12.3. The van der Waals surface area contributed by atoms with Crippen molar-refractivity contribution in [3.63, 3.8) is 0 Å². The van der Waals surface area contributed by atoms with Crippen molar-refractivity contribution in [2.24, 2.45) is 5.92 Å². The molecule has 1 saturated heterocycles. The number of rotatable bonds is 4. The molecule has 0 bridgehead atoms. The lowest BCUT2D eigenvalue weighted by atomic mass is 9.98. The Kier molecular flexibility index (Phi) is 5.12. The summed E-state index contributed by atoms with van der Waals surface area (Å²) in [5.74, 6) is -1.58. The number of benzene rings is 1. The van der Waals surface area contributed by atoms with E-state index in [1.165, 1.54) is 7.05 Å². The fourth-order valence-corrected chi connectivity index (χ4v) is 2.74. The normalized spacial score (nSPS) is 18.7. The number of ether oxygens (including phenoxy) is 1. The van der Waals surface area contributed by atoms with E-state index in [2.05, 4.69) is 5.32 Å². The molecule has 0 aliphatic carbocycles. The minimum atomic E-state index is -0.758. The fraction of sp³-hybridized carbons (Fsp3) is 0.533. The molecular weight excluding hydrogens is 278 g/mol. The molecule has 0 aromatic heterocycles. The Balaban J connectivity index is 2.16. The Bertz CT molecular complexity index is 497. The van der Waals surface area contributed by atoms with Gasteiger partial charge in [-0.05, 0) is 30.9 Å². The molecule has 2 rings (SSSR count). The van der Waals surface area contributed by atoms with Crippen LogP contribution < -0.4 is 5.32 Å². The number of halogens is 2. The van der Waals surface area contributed by atoms with Crippen LogP contribution in [-0.4, -0.2) is 44.7 Å². The van der Waals surface area contributed by atoms with Crippen LogP contribution in [0.2, 0.25) is 0 Å². The van der Waals surface area contributed by atoms with E-state index in [1.807, 2.05) is 0 Å². The summed E-state index contributed by atoms with van der Waals surface area (Å²) in [4.78, 5) is 14.0. The van der Waals surface area contributed by atoms with Gasteiger partial charge in [0, 0.05) is 32.8 Å². The van der Waals surface area contributed by atoms with E-state index >= 15 is 0 Å². The van der Waals surface area contributed by atoms with Crippen LogP contribution in [0.5, 0.6) is 0 Å². The molecule has 1 heterocycles. The summed E-state index contributed by atoms with van der Waals surface area (Å²) >= 11 is 0. The maximum absolute atomic E-state index is 13.7. The zero-order valence-electron chi connectivity index (χ0n) is 12.3. The van der Waals surface area contributed by atoms with Crippen molar-refractivity contribution in [2.75, 3.05) is 39.2 Å². The highest BCUT2D eigenvalue weighted by atomic mass is 19.1. The Morgan fingerprint density at radius 3 is 2.67 bits per heavy atom. The standard InChI is InChI=1S/C15H20F2N2O2/c1-18-14-12(16)6-11(7-13(14)17)15(20)19-5-3-4-10(8-19)9-21-2/h6-7,10,18H,3-5,8-9H2,1-2H3. The van der Waals surface area contributed by atoms with Crippen molar-refractivity contribution in [3.05, 3.63) is 29.3 Å². The molecule has 1 unspecified atom stereocenters. The highest BCUT2D eigenvalue weighted by molar-refractivity contribution is 5.94. The summed E-state index contributed by atoms with van der Waals surface area (Å²) in [5.41, 5.74) is -0.176. The van der Waals surface area contributed by atoms with Gasteiger partial charge in [-0.2, -0.15) is 0 Å². The van der Waals surface area contributed by atoms with Crippen LogP contribution in [-0.2, 0) is 4.74 Å². The van der Waals surface area contributed by atoms with Gasteiger partial charge in [0.2, 0.25) is 0 Å². The number of amides is 1. The van der Waals surface area contributed by atoms with Crippen molar-refractivity contribution in [2.45, 2.75) is 12.8 Å². The van der Waals surface area contributed by atoms with Crippen LogP contribution in [0.25, 0.3) is 0 Å². The summed E-state index contributed by atoms with van der Waals surface area (Å²) in [6.07, 6.45) is 1.87. The number of carbonyl (C=O) groups is 1. The number of piperidine rings is 1. The van der Waals surface area contributed by atoms with Gasteiger partial charge in [0.15, 0.2) is 0 Å². The molecular formula is C15H20F2N2O2. The first-order chi connectivity index (χ1) is 10.1. The second kappa shape index (κ2) is 6.85. The molecule has 0 saturated carbocycles. The van der Waals surface area contributed by atoms with Gasteiger partial charge in [-0.25, -0.2) is 8.78 Å². The fourth-order valence-electron chi connectivity index (χ4n) is 2.74. The van der Waals surface area contributed by atoms with Crippen molar-refractivity contribution in [3.8, 4) is 0 Å². The summed E-state index contributed by atoms with van der Waals surface area (Å²) in [6, 6.07) is 2.16. The predicted molar refractivity (Wildman–Crippen MR) is 76.4 cm³/mol. The first kappa shape index (κ1) is 15.7. The van der Waals surface area contributed by atoms with Crippen molar-refractivity contribution in [1.29, 1.82) is 0 Å². The number of hydrogen-bond donors (Lipinski definition) is 1. The van der Waals surface area contributed by atoms with E-state index < -0.39 is 11.6 Å². The average Bonchev–Trinajstić information content (AvgIpc) is 2.47.